The molecule has 0 saturated carbocycles. The first kappa shape index (κ1) is 24.5. The van der Waals surface area contributed by atoms with Crippen LogP contribution in [-0.4, -0.2) is 55.5 Å². The van der Waals surface area contributed by atoms with Crippen LogP contribution in [0.3, 0.4) is 0 Å². The molecule has 174 valence electrons. The fourth-order valence-corrected chi connectivity index (χ4v) is 3.86. The third-order valence-electron chi connectivity index (χ3n) is 4.41. The van der Waals surface area contributed by atoms with Crippen molar-refractivity contribution in [3.8, 4) is 17.2 Å². The highest BCUT2D eigenvalue weighted by atomic mass is 35.5. The molecule has 0 N–H and O–H groups in total. The third-order valence-corrected chi connectivity index (χ3v) is 5.57. The van der Waals surface area contributed by atoms with E-state index in [9.17, 15) is 14.4 Å². The lowest BCUT2D eigenvalue weighted by Crippen LogP contribution is -2.32. The van der Waals surface area contributed by atoms with Gasteiger partial charge in [-0.3, -0.25) is 14.5 Å². The summed E-state index contributed by atoms with van der Waals surface area (Å²) in [6.07, 6.45) is 1.58. The number of benzene rings is 2. The van der Waals surface area contributed by atoms with E-state index >= 15 is 0 Å². The number of carbonyl (C=O) groups excluding carboxylic acids is 3. The van der Waals surface area contributed by atoms with E-state index in [1.807, 2.05) is 0 Å². The van der Waals surface area contributed by atoms with Gasteiger partial charge in [-0.05, 0) is 66.7 Å². The number of carbonyl (C=O) groups is 3. The number of thioether (sulfide) groups is 1. The molecule has 0 aromatic heterocycles. The molecular formula is C23H22ClNO7S. The van der Waals surface area contributed by atoms with Crippen molar-refractivity contribution in [1.82, 2.24) is 4.90 Å². The molecule has 0 atom stereocenters. The van der Waals surface area contributed by atoms with E-state index in [4.69, 9.17) is 30.5 Å². The van der Waals surface area contributed by atoms with E-state index in [2.05, 4.69) is 0 Å². The van der Waals surface area contributed by atoms with Crippen molar-refractivity contribution < 1.29 is 33.3 Å². The lowest BCUT2D eigenvalue weighted by Gasteiger charge is -2.13. The number of nitrogens with zero attached hydrogens (tertiary/aromatic N) is 1. The van der Waals surface area contributed by atoms with Gasteiger partial charge in [-0.25, -0.2) is 4.79 Å². The normalized spacial score (nSPS) is 14.5. The smallest absolute Gasteiger partial charge is 0.344 e. The van der Waals surface area contributed by atoms with Crippen LogP contribution in [-0.2, 0) is 14.3 Å². The maximum absolute atomic E-state index is 12.7. The minimum absolute atomic E-state index is 0.112. The minimum atomic E-state index is -0.508. The van der Waals surface area contributed by atoms with Gasteiger partial charge in [0.25, 0.3) is 11.1 Å². The number of hydrogen-bond donors (Lipinski definition) is 0. The highest BCUT2D eigenvalue weighted by molar-refractivity contribution is 8.18. The quantitative estimate of drug-likeness (QED) is 0.356. The Bertz CT molecular complexity index is 1060. The first-order valence-electron chi connectivity index (χ1n) is 10.0. The standard InChI is InChI=1S/C23H22ClNO7S/c1-3-30-21(26)14-32-19-12-15(4-9-18(19)29-2)13-20-22(27)25(23(28)33-20)10-11-31-17-7-5-16(24)6-8-17/h4-9,12-13H,3,10-11,14H2,1-2H3/b20-13-. The maximum Gasteiger partial charge on any atom is 0.344 e. The molecule has 0 unspecified atom stereocenters. The van der Waals surface area contributed by atoms with Gasteiger partial charge in [0.15, 0.2) is 18.1 Å². The van der Waals surface area contributed by atoms with Crippen LogP contribution in [0.5, 0.6) is 17.2 Å². The van der Waals surface area contributed by atoms with Crippen LogP contribution >= 0.6 is 23.4 Å². The molecule has 0 aliphatic carbocycles. The van der Waals surface area contributed by atoms with Crippen molar-refractivity contribution in [2.24, 2.45) is 0 Å². The van der Waals surface area contributed by atoms with Crippen LogP contribution in [0, 0.1) is 0 Å². The average molecular weight is 492 g/mol. The molecule has 1 heterocycles. The summed E-state index contributed by atoms with van der Waals surface area (Å²) in [4.78, 5) is 38.0. The zero-order valence-corrected chi connectivity index (χ0v) is 19.6. The lowest BCUT2D eigenvalue weighted by atomic mass is 10.2. The van der Waals surface area contributed by atoms with E-state index in [-0.39, 0.29) is 36.5 Å². The van der Waals surface area contributed by atoms with Gasteiger partial charge < -0.3 is 18.9 Å². The summed E-state index contributed by atoms with van der Waals surface area (Å²) < 4.78 is 21.2. The molecular weight excluding hydrogens is 470 g/mol. The van der Waals surface area contributed by atoms with Gasteiger partial charge in [0.1, 0.15) is 12.4 Å². The second kappa shape index (κ2) is 11.6. The second-order valence-electron chi connectivity index (χ2n) is 6.64. The molecule has 0 radical (unpaired) electrons. The van der Waals surface area contributed by atoms with E-state index in [0.29, 0.717) is 27.8 Å². The summed E-state index contributed by atoms with van der Waals surface area (Å²) >= 11 is 6.69. The van der Waals surface area contributed by atoms with E-state index in [0.717, 1.165) is 16.7 Å². The Labute approximate surface area is 200 Å². The Morgan fingerprint density at radius 3 is 2.55 bits per heavy atom. The van der Waals surface area contributed by atoms with E-state index in [1.54, 1.807) is 55.5 Å². The van der Waals surface area contributed by atoms with Crippen LogP contribution < -0.4 is 14.2 Å². The van der Waals surface area contributed by atoms with Crippen molar-refractivity contribution in [3.05, 3.63) is 58.0 Å². The SMILES string of the molecule is CCOC(=O)COc1cc(/C=C2\SC(=O)N(CCOc3ccc(Cl)cc3)C2=O)ccc1OC. The topological polar surface area (TPSA) is 91.4 Å². The van der Waals surface area contributed by atoms with Gasteiger partial charge >= 0.3 is 5.97 Å². The van der Waals surface area contributed by atoms with Crippen molar-refractivity contribution in [3.63, 3.8) is 0 Å². The minimum Gasteiger partial charge on any atom is -0.493 e. The van der Waals surface area contributed by atoms with Gasteiger partial charge in [-0.15, -0.1) is 0 Å². The van der Waals surface area contributed by atoms with Crippen LogP contribution in [0.2, 0.25) is 5.02 Å². The van der Waals surface area contributed by atoms with Gasteiger partial charge in [0, 0.05) is 5.02 Å². The monoisotopic (exact) mass is 491 g/mol. The number of rotatable bonds is 10. The summed E-state index contributed by atoms with van der Waals surface area (Å²) in [5.74, 6) is 0.413. The van der Waals surface area contributed by atoms with Crippen LogP contribution in [0.1, 0.15) is 12.5 Å². The van der Waals surface area contributed by atoms with Crippen LogP contribution in [0.4, 0.5) is 4.79 Å². The Kier molecular flexibility index (Phi) is 8.62. The van der Waals surface area contributed by atoms with E-state index in [1.165, 1.54) is 7.11 Å². The number of ether oxygens (including phenoxy) is 4. The maximum atomic E-state index is 12.7. The average Bonchev–Trinajstić information content (AvgIpc) is 3.06. The number of esters is 1. The predicted octanol–water partition coefficient (Wildman–Crippen LogP) is 4.41. The number of hydrogen-bond acceptors (Lipinski definition) is 8. The Morgan fingerprint density at radius 1 is 1.09 bits per heavy atom. The molecule has 8 nitrogen and oxygen atoms in total. The van der Waals surface area contributed by atoms with Gasteiger partial charge in [0.2, 0.25) is 0 Å². The first-order valence-corrected chi connectivity index (χ1v) is 11.2. The molecule has 1 fully saturated rings. The number of halogens is 1. The zero-order valence-electron chi connectivity index (χ0n) is 18.0. The van der Waals surface area contributed by atoms with E-state index < -0.39 is 11.9 Å². The first-order chi connectivity index (χ1) is 15.9. The molecule has 33 heavy (non-hydrogen) atoms. The molecule has 3 rings (SSSR count). The Balaban J connectivity index is 1.65. The molecule has 2 amide bonds. The summed E-state index contributed by atoms with van der Waals surface area (Å²) in [5.41, 5.74) is 0.609. The van der Waals surface area contributed by atoms with Gasteiger partial charge in [-0.2, -0.15) is 0 Å². The molecule has 1 saturated heterocycles. The molecule has 0 bridgehead atoms. The molecule has 2 aromatic carbocycles. The predicted molar refractivity (Wildman–Crippen MR) is 125 cm³/mol. The fourth-order valence-electron chi connectivity index (χ4n) is 2.86. The molecule has 2 aromatic rings. The van der Waals surface area contributed by atoms with Crippen molar-refractivity contribution in [2.45, 2.75) is 6.92 Å². The number of amides is 2. The summed E-state index contributed by atoms with van der Waals surface area (Å²) in [6, 6.07) is 11.8. The number of methoxy groups -OCH3 is 1. The zero-order chi connectivity index (χ0) is 23.8. The van der Waals surface area contributed by atoms with Crippen LogP contribution in [0.25, 0.3) is 6.08 Å². The molecule has 0 spiro atoms. The Morgan fingerprint density at radius 2 is 1.85 bits per heavy atom. The van der Waals surface area contributed by atoms with Crippen molar-refractivity contribution in [2.75, 3.05) is 33.5 Å². The van der Waals surface area contributed by atoms with Gasteiger partial charge in [0.05, 0.1) is 25.2 Å². The summed E-state index contributed by atoms with van der Waals surface area (Å²) in [7, 11) is 1.48. The fraction of sp³-hybridized carbons (Fsp3) is 0.261. The lowest BCUT2D eigenvalue weighted by molar-refractivity contribution is -0.145. The molecule has 1 aliphatic rings. The Hall–Kier alpha value is -3.17. The summed E-state index contributed by atoms with van der Waals surface area (Å²) in [5, 5.41) is 0.213. The highest BCUT2D eigenvalue weighted by Crippen LogP contribution is 2.34. The number of imide groups is 1. The molecule has 1 aliphatic heterocycles. The highest BCUT2D eigenvalue weighted by Gasteiger charge is 2.34. The third kappa shape index (κ3) is 6.66. The van der Waals surface area contributed by atoms with Crippen molar-refractivity contribution in [1.29, 1.82) is 0 Å². The second-order valence-corrected chi connectivity index (χ2v) is 8.07. The van der Waals surface area contributed by atoms with Crippen molar-refractivity contribution >= 4 is 46.6 Å². The summed E-state index contributed by atoms with van der Waals surface area (Å²) in [6.45, 7) is 1.94. The largest absolute Gasteiger partial charge is 0.493 e. The molecule has 10 heteroatoms. The van der Waals surface area contributed by atoms with Crippen LogP contribution in [0.15, 0.2) is 47.4 Å². The van der Waals surface area contributed by atoms with Gasteiger partial charge in [-0.1, -0.05) is 17.7 Å².